The summed E-state index contributed by atoms with van der Waals surface area (Å²) in [5.74, 6) is -0.640. The third kappa shape index (κ3) is 4.39. The van der Waals surface area contributed by atoms with Gasteiger partial charge in [0.05, 0.1) is 6.04 Å². The first kappa shape index (κ1) is 15.2. The van der Waals surface area contributed by atoms with Crippen LogP contribution >= 0.6 is 0 Å². The molecule has 2 rings (SSSR count). The molecule has 21 heavy (non-hydrogen) atoms. The third-order valence-corrected chi connectivity index (χ3v) is 3.27. The number of nitrogens with one attached hydrogen (secondary N) is 1. The van der Waals surface area contributed by atoms with E-state index in [0.717, 1.165) is 11.1 Å². The molecule has 0 aliphatic rings. The molecule has 0 saturated carbocycles. The molecule has 0 aliphatic carbocycles. The smallest absolute Gasteiger partial charge is 0.218 e. The van der Waals surface area contributed by atoms with E-state index in [2.05, 4.69) is 5.32 Å². The van der Waals surface area contributed by atoms with Crippen LogP contribution in [0, 0.1) is 5.82 Å². The molecule has 0 aromatic heterocycles. The van der Waals surface area contributed by atoms with E-state index in [0.29, 0.717) is 0 Å². The van der Waals surface area contributed by atoms with Crippen LogP contribution in [0.1, 0.15) is 30.5 Å². The highest BCUT2D eigenvalue weighted by molar-refractivity contribution is 5.74. The molecule has 0 spiro atoms. The summed E-state index contributed by atoms with van der Waals surface area (Å²) in [6.45, 7) is 1.89. The second-order valence-electron chi connectivity index (χ2n) is 5.14. The summed E-state index contributed by atoms with van der Waals surface area (Å²) in [5.41, 5.74) is 7.06. The van der Waals surface area contributed by atoms with Gasteiger partial charge in [-0.2, -0.15) is 0 Å². The predicted octanol–water partition coefficient (Wildman–Crippen LogP) is 2.77. The first-order valence-electron chi connectivity index (χ1n) is 6.91. The Hall–Kier alpha value is -2.20. The summed E-state index contributed by atoms with van der Waals surface area (Å²) in [5, 5.41) is 3.34. The van der Waals surface area contributed by atoms with Gasteiger partial charge in [0.15, 0.2) is 0 Å². The Morgan fingerprint density at radius 3 is 2.43 bits per heavy atom. The average molecular weight is 286 g/mol. The minimum Gasteiger partial charge on any atom is -0.370 e. The highest BCUT2D eigenvalue weighted by Gasteiger charge is 2.17. The Bertz CT molecular complexity index is 601. The first-order chi connectivity index (χ1) is 10.1. The number of carbonyl (C=O) groups is 1. The van der Waals surface area contributed by atoms with Gasteiger partial charge in [-0.1, -0.05) is 42.5 Å². The number of nitrogens with two attached hydrogens (primary N) is 1. The standard InChI is InChI=1S/C17H19FN2O/c1-12(10-16(19)21)20-17(13-6-3-2-4-7-13)14-8-5-9-15(18)11-14/h2-9,11-12,17,20H,10H2,1H3,(H2,19,21)/t12-,17-/m1/s1. The van der Waals surface area contributed by atoms with E-state index in [1.54, 1.807) is 6.07 Å². The largest absolute Gasteiger partial charge is 0.370 e. The Balaban J connectivity index is 2.29. The molecule has 1 amide bonds. The van der Waals surface area contributed by atoms with E-state index in [-0.39, 0.29) is 30.2 Å². The molecule has 3 N–H and O–H groups in total. The van der Waals surface area contributed by atoms with Gasteiger partial charge in [-0.15, -0.1) is 0 Å². The van der Waals surface area contributed by atoms with Crippen molar-refractivity contribution in [2.75, 3.05) is 0 Å². The van der Waals surface area contributed by atoms with Crippen LogP contribution in [0.25, 0.3) is 0 Å². The van der Waals surface area contributed by atoms with Crippen molar-refractivity contribution < 1.29 is 9.18 Å². The van der Waals surface area contributed by atoms with Gasteiger partial charge in [-0.25, -0.2) is 4.39 Å². The zero-order chi connectivity index (χ0) is 15.2. The molecule has 0 bridgehead atoms. The fourth-order valence-corrected chi connectivity index (χ4v) is 2.36. The van der Waals surface area contributed by atoms with Crippen molar-refractivity contribution in [1.29, 1.82) is 0 Å². The number of benzene rings is 2. The highest BCUT2D eigenvalue weighted by Crippen LogP contribution is 2.23. The molecule has 2 atom stereocenters. The predicted molar refractivity (Wildman–Crippen MR) is 81.1 cm³/mol. The molecule has 0 heterocycles. The van der Waals surface area contributed by atoms with Crippen LogP contribution in [-0.4, -0.2) is 11.9 Å². The maximum Gasteiger partial charge on any atom is 0.218 e. The summed E-state index contributed by atoms with van der Waals surface area (Å²) < 4.78 is 13.5. The van der Waals surface area contributed by atoms with Crippen LogP contribution in [0.2, 0.25) is 0 Å². The number of rotatable bonds is 6. The van der Waals surface area contributed by atoms with Gasteiger partial charge < -0.3 is 11.1 Å². The fraction of sp³-hybridized carbons (Fsp3) is 0.235. The van der Waals surface area contributed by atoms with Gasteiger partial charge in [0.25, 0.3) is 0 Å². The van der Waals surface area contributed by atoms with Crippen molar-refractivity contribution >= 4 is 5.91 Å². The monoisotopic (exact) mass is 286 g/mol. The SMILES string of the molecule is C[C@H](CC(N)=O)N[C@H](c1ccccc1)c1cccc(F)c1. The number of halogens is 1. The molecular formula is C17H19FN2O. The molecule has 0 unspecified atom stereocenters. The van der Waals surface area contributed by atoms with Gasteiger partial charge in [0.1, 0.15) is 5.82 Å². The topological polar surface area (TPSA) is 55.1 Å². The molecule has 0 saturated heterocycles. The van der Waals surface area contributed by atoms with Crippen LogP contribution in [0.15, 0.2) is 54.6 Å². The maximum absolute atomic E-state index is 13.5. The second kappa shape index (κ2) is 6.99. The molecule has 3 nitrogen and oxygen atoms in total. The molecule has 0 radical (unpaired) electrons. The second-order valence-corrected chi connectivity index (χ2v) is 5.14. The Labute approximate surface area is 124 Å². The van der Waals surface area contributed by atoms with E-state index in [9.17, 15) is 9.18 Å². The Morgan fingerprint density at radius 1 is 1.14 bits per heavy atom. The van der Waals surface area contributed by atoms with Crippen molar-refractivity contribution in [3.63, 3.8) is 0 Å². The number of primary amides is 1. The minimum absolute atomic E-state index is 0.101. The summed E-state index contributed by atoms with van der Waals surface area (Å²) in [6.07, 6.45) is 0.235. The molecular weight excluding hydrogens is 267 g/mol. The lowest BCUT2D eigenvalue weighted by Crippen LogP contribution is -2.34. The Morgan fingerprint density at radius 2 is 1.81 bits per heavy atom. The normalized spacial score (nSPS) is 13.6. The summed E-state index contributed by atoms with van der Waals surface area (Å²) in [4.78, 5) is 11.0. The van der Waals surface area contributed by atoms with E-state index >= 15 is 0 Å². The van der Waals surface area contributed by atoms with Crippen LogP contribution in [0.3, 0.4) is 0 Å². The van der Waals surface area contributed by atoms with E-state index in [4.69, 9.17) is 5.73 Å². The maximum atomic E-state index is 13.5. The molecule has 2 aromatic rings. The van der Waals surface area contributed by atoms with Gasteiger partial charge in [0.2, 0.25) is 5.91 Å². The third-order valence-electron chi connectivity index (χ3n) is 3.27. The number of hydrogen-bond acceptors (Lipinski definition) is 2. The number of hydrogen-bond donors (Lipinski definition) is 2. The van der Waals surface area contributed by atoms with Crippen molar-refractivity contribution in [3.05, 3.63) is 71.5 Å². The molecule has 0 aliphatic heterocycles. The zero-order valence-electron chi connectivity index (χ0n) is 11.9. The van der Waals surface area contributed by atoms with Crippen LogP contribution in [-0.2, 0) is 4.79 Å². The summed E-state index contributed by atoms with van der Waals surface area (Å²) >= 11 is 0. The van der Waals surface area contributed by atoms with Crippen molar-refractivity contribution in [3.8, 4) is 0 Å². The Kier molecular flexibility index (Phi) is 5.06. The van der Waals surface area contributed by atoms with Crippen LogP contribution < -0.4 is 11.1 Å². The lowest BCUT2D eigenvalue weighted by molar-refractivity contribution is -0.118. The fourth-order valence-electron chi connectivity index (χ4n) is 2.36. The lowest BCUT2D eigenvalue weighted by Gasteiger charge is -2.24. The molecule has 0 fully saturated rings. The van der Waals surface area contributed by atoms with E-state index in [1.165, 1.54) is 12.1 Å². The van der Waals surface area contributed by atoms with Crippen molar-refractivity contribution in [2.24, 2.45) is 5.73 Å². The summed E-state index contributed by atoms with van der Waals surface area (Å²) in [6, 6.07) is 15.9. The van der Waals surface area contributed by atoms with Crippen LogP contribution in [0.5, 0.6) is 0 Å². The minimum atomic E-state index is -0.360. The quantitative estimate of drug-likeness (QED) is 0.858. The van der Waals surface area contributed by atoms with E-state index < -0.39 is 0 Å². The van der Waals surface area contributed by atoms with Crippen LogP contribution in [0.4, 0.5) is 4.39 Å². The van der Waals surface area contributed by atoms with Gasteiger partial charge in [-0.05, 0) is 30.2 Å². The van der Waals surface area contributed by atoms with Crippen molar-refractivity contribution in [1.82, 2.24) is 5.32 Å². The number of amides is 1. The van der Waals surface area contributed by atoms with Crippen molar-refractivity contribution in [2.45, 2.75) is 25.4 Å². The molecule has 110 valence electrons. The molecule has 4 heteroatoms. The highest BCUT2D eigenvalue weighted by atomic mass is 19.1. The average Bonchev–Trinajstić information content (AvgIpc) is 2.45. The van der Waals surface area contributed by atoms with E-state index in [1.807, 2.05) is 43.3 Å². The zero-order valence-corrected chi connectivity index (χ0v) is 11.9. The summed E-state index contributed by atoms with van der Waals surface area (Å²) in [7, 11) is 0. The van der Waals surface area contributed by atoms with Gasteiger partial charge in [-0.3, -0.25) is 4.79 Å². The first-order valence-corrected chi connectivity index (χ1v) is 6.91. The number of carbonyl (C=O) groups excluding carboxylic acids is 1. The lowest BCUT2D eigenvalue weighted by atomic mass is 9.97. The van der Waals surface area contributed by atoms with Gasteiger partial charge >= 0.3 is 0 Å². The molecule has 2 aromatic carbocycles. The van der Waals surface area contributed by atoms with Gasteiger partial charge in [0, 0.05) is 12.5 Å².